The molecule has 0 aliphatic carbocycles. The quantitative estimate of drug-likeness (QED) is 0.922. The number of benzene rings is 2. The van der Waals surface area contributed by atoms with Gasteiger partial charge in [0.2, 0.25) is 0 Å². The fourth-order valence-corrected chi connectivity index (χ4v) is 1.92. The van der Waals surface area contributed by atoms with Crippen molar-refractivity contribution in [2.24, 2.45) is 5.73 Å². The molecule has 0 bridgehead atoms. The minimum absolute atomic E-state index is 0.213. The summed E-state index contributed by atoms with van der Waals surface area (Å²) in [4.78, 5) is 0. The molecular weight excluding hydrogens is 265 g/mol. The first-order valence-corrected chi connectivity index (χ1v) is 6.37. The first-order valence-electron chi connectivity index (χ1n) is 5.99. The predicted molar refractivity (Wildman–Crippen MR) is 75.0 cm³/mol. The Bertz CT molecular complexity index is 557. The van der Waals surface area contributed by atoms with Gasteiger partial charge in [-0.15, -0.1) is 0 Å². The summed E-state index contributed by atoms with van der Waals surface area (Å²) in [6.07, 6.45) is -0.395. The zero-order chi connectivity index (χ0) is 13.8. The first-order chi connectivity index (χ1) is 9.11. The third kappa shape index (κ3) is 3.25. The lowest BCUT2D eigenvalue weighted by Gasteiger charge is -2.18. The number of rotatable bonds is 4. The van der Waals surface area contributed by atoms with Gasteiger partial charge in [-0.05, 0) is 36.2 Å². The molecule has 2 aromatic carbocycles. The summed E-state index contributed by atoms with van der Waals surface area (Å²) in [6, 6.07) is 12.2. The maximum atomic E-state index is 13.9. The van der Waals surface area contributed by atoms with E-state index in [2.05, 4.69) is 0 Å². The minimum Gasteiger partial charge on any atom is -0.481 e. The van der Waals surface area contributed by atoms with Crippen LogP contribution in [0, 0.1) is 12.7 Å². The van der Waals surface area contributed by atoms with Gasteiger partial charge in [0, 0.05) is 11.6 Å². The van der Waals surface area contributed by atoms with Crippen molar-refractivity contribution in [1.29, 1.82) is 0 Å². The van der Waals surface area contributed by atoms with Crippen LogP contribution < -0.4 is 10.5 Å². The summed E-state index contributed by atoms with van der Waals surface area (Å²) in [5.41, 5.74) is 7.11. The molecule has 1 atom stereocenters. The predicted octanol–water partition coefficient (Wildman–Crippen LogP) is 3.87. The van der Waals surface area contributed by atoms with Gasteiger partial charge in [-0.1, -0.05) is 35.9 Å². The van der Waals surface area contributed by atoms with E-state index in [1.165, 1.54) is 0 Å². The zero-order valence-electron chi connectivity index (χ0n) is 10.6. The average molecular weight is 280 g/mol. The third-order valence-electron chi connectivity index (χ3n) is 2.88. The Morgan fingerprint density at radius 2 is 1.89 bits per heavy atom. The van der Waals surface area contributed by atoms with Crippen LogP contribution in [0.15, 0.2) is 42.5 Å². The lowest BCUT2D eigenvalue weighted by Crippen LogP contribution is -2.19. The number of aryl methyl sites for hydroxylation is 1. The molecule has 100 valence electrons. The maximum absolute atomic E-state index is 13.9. The van der Waals surface area contributed by atoms with Gasteiger partial charge in [-0.25, -0.2) is 4.39 Å². The Kier molecular flexibility index (Phi) is 4.40. The van der Waals surface area contributed by atoms with Crippen molar-refractivity contribution < 1.29 is 9.13 Å². The van der Waals surface area contributed by atoms with Crippen molar-refractivity contribution in [3.05, 3.63) is 64.4 Å². The Balaban J connectivity index is 2.24. The number of hydrogen-bond donors (Lipinski definition) is 1. The molecule has 0 saturated carbocycles. The summed E-state index contributed by atoms with van der Waals surface area (Å²) in [5.74, 6) is -0.139. The highest BCUT2D eigenvalue weighted by Gasteiger charge is 2.14. The normalized spacial score (nSPS) is 12.2. The molecule has 19 heavy (non-hydrogen) atoms. The number of hydrogen-bond acceptors (Lipinski definition) is 2. The topological polar surface area (TPSA) is 35.2 Å². The first kappa shape index (κ1) is 13.8. The van der Waals surface area contributed by atoms with E-state index < -0.39 is 6.10 Å². The molecule has 0 radical (unpaired) electrons. The monoisotopic (exact) mass is 279 g/mol. The van der Waals surface area contributed by atoms with Crippen molar-refractivity contribution >= 4 is 11.6 Å². The molecule has 1 unspecified atom stereocenters. The zero-order valence-corrected chi connectivity index (χ0v) is 11.3. The SMILES string of the molecule is Cc1cccc(OC(CN)c2ccc(Cl)cc2)c1F. The molecule has 0 aromatic heterocycles. The minimum atomic E-state index is -0.395. The van der Waals surface area contributed by atoms with Gasteiger partial charge >= 0.3 is 0 Å². The van der Waals surface area contributed by atoms with Gasteiger partial charge in [-0.2, -0.15) is 0 Å². The van der Waals surface area contributed by atoms with Gasteiger partial charge in [0.1, 0.15) is 6.10 Å². The van der Waals surface area contributed by atoms with Gasteiger partial charge in [-0.3, -0.25) is 0 Å². The van der Waals surface area contributed by atoms with Gasteiger partial charge in [0.15, 0.2) is 11.6 Å². The fraction of sp³-hybridized carbons (Fsp3) is 0.200. The van der Waals surface area contributed by atoms with Crippen LogP contribution in [0.3, 0.4) is 0 Å². The van der Waals surface area contributed by atoms with E-state index in [1.54, 1.807) is 37.3 Å². The van der Waals surface area contributed by atoms with Crippen LogP contribution in [0.2, 0.25) is 5.02 Å². The van der Waals surface area contributed by atoms with Crippen molar-refractivity contribution in [1.82, 2.24) is 0 Å². The summed E-state index contributed by atoms with van der Waals surface area (Å²) in [5, 5.41) is 0.640. The van der Waals surface area contributed by atoms with E-state index in [1.807, 2.05) is 12.1 Å². The number of ether oxygens (including phenoxy) is 1. The molecule has 0 spiro atoms. The third-order valence-corrected chi connectivity index (χ3v) is 3.13. The van der Waals surface area contributed by atoms with Crippen LogP contribution in [0.1, 0.15) is 17.2 Å². The molecule has 2 N–H and O–H groups in total. The summed E-state index contributed by atoms with van der Waals surface area (Å²) in [6.45, 7) is 1.96. The largest absolute Gasteiger partial charge is 0.481 e. The summed E-state index contributed by atoms with van der Waals surface area (Å²) >= 11 is 5.83. The van der Waals surface area contributed by atoms with Crippen molar-refractivity contribution in [3.63, 3.8) is 0 Å². The van der Waals surface area contributed by atoms with Crippen LogP contribution in [-0.2, 0) is 0 Å². The van der Waals surface area contributed by atoms with E-state index in [0.717, 1.165) is 5.56 Å². The highest BCUT2D eigenvalue weighted by atomic mass is 35.5. The molecule has 2 aromatic rings. The second-order valence-electron chi connectivity index (χ2n) is 4.28. The summed E-state index contributed by atoms with van der Waals surface area (Å²) < 4.78 is 19.5. The second kappa shape index (κ2) is 6.04. The molecule has 0 fully saturated rings. The molecule has 0 aliphatic heterocycles. The van der Waals surface area contributed by atoms with Gasteiger partial charge in [0.25, 0.3) is 0 Å². The van der Waals surface area contributed by atoms with Crippen LogP contribution in [0.5, 0.6) is 5.75 Å². The van der Waals surface area contributed by atoms with Crippen LogP contribution in [0.25, 0.3) is 0 Å². The van der Waals surface area contributed by atoms with E-state index in [-0.39, 0.29) is 18.1 Å². The Morgan fingerprint density at radius 3 is 2.53 bits per heavy atom. The number of halogens is 2. The molecule has 0 aliphatic rings. The van der Waals surface area contributed by atoms with Crippen molar-refractivity contribution in [2.45, 2.75) is 13.0 Å². The van der Waals surface area contributed by atoms with Crippen molar-refractivity contribution in [3.8, 4) is 5.75 Å². The van der Waals surface area contributed by atoms with Crippen LogP contribution in [-0.4, -0.2) is 6.54 Å². The van der Waals surface area contributed by atoms with Gasteiger partial charge in [0.05, 0.1) is 0 Å². The lowest BCUT2D eigenvalue weighted by atomic mass is 10.1. The molecule has 0 heterocycles. The average Bonchev–Trinajstić information content (AvgIpc) is 2.42. The summed E-state index contributed by atoms with van der Waals surface area (Å²) in [7, 11) is 0. The van der Waals surface area contributed by atoms with E-state index >= 15 is 0 Å². The highest BCUT2D eigenvalue weighted by molar-refractivity contribution is 6.30. The molecule has 0 amide bonds. The van der Waals surface area contributed by atoms with E-state index in [0.29, 0.717) is 10.6 Å². The Hall–Kier alpha value is -1.58. The van der Waals surface area contributed by atoms with Crippen LogP contribution in [0.4, 0.5) is 4.39 Å². The fourth-order valence-electron chi connectivity index (χ4n) is 1.79. The standard InChI is InChI=1S/C15H15ClFNO/c1-10-3-2-4-13(15(10)17)19-14(9-18)11-5-7-12(16)8-6-11/h2-8,14H,9,18H2,1H3. The molecule has 2 nitrogen and oxygen atoms in total. The smallest absolute Gasteiger partial charge is 0.167 e. The Morgan fingerprint density at radius 1 is 1.21 bits per heavy atom. The van der Waals surface area contributed by atoms with E-state index in [9.17, 15) is 4.39 Å². The molecular formula is C15H15ClFNO. The highest BCUT2D eigenvalue weighted by Crippen LogP contribution is 2.26. The second-order valence-corrected chi connectivity index (χ2v) is 4.72. The molecule has 2 rings (SSSR count). The molecule has 0 saturated heterocycles. The van der Waals surface area contributed by atoms with Crippen LogP contribution >= 0.6 is 11.6 Å². The van der Waals surface area contributed by atoms with Gasteiger partial charge < -0.3 is 10.5 Å². The molecule has 4 heteroatoms. The Labute approximate surface area is 117 Å². The van der Waals surface area contributed by atoms with E-state index in [4.69, 9.17) is 22.1 Å². The lowest BCUT2D eigenvalue weighted by molar-refractivity contribution is 0.204. The number of nitrogens with two attached hydrogens (primary N) is 1. The van der Waals surface area contributed by atoms with Crippen molar-refractivity contribution in [2.75, 3.05) is 6.54 Å². The maximum Gasteiger partial charge on any atom is 0.167 e.